The Bertz CT molecular complexity index is 3250. The maximum absolute atomic E-state index is 12.9. The van der Waals surface area contributed by atoms with Gasteiger partial charge in [0.2, 0.25) is 10.0 Å². The van der Waals surface area contributed by atoms with E-state index in [2.05, 4.69) is 72.1 Å². The average molecular weight is 1500 g/mol. The van der Waals surface area contributed by atoms with Crippen LogP contribution in [0.1, 0.15) is 91.4 Å². The number of sulfonamides is 1. The summed E-state index contributed by atoms with van der Waals surface area (Å²) in [5.74, 6) is -0.723. The molecular weight excluding hydrogens is 1380 g/mol. The first-order chi connectivity index (χ1) is 48.5. The minimum absolute atomic E-state index is 0.0235. The van der Waals surface area contributed by atoms with Crippen LogP contribution in [-0.4, -0.2) is 335 Å². The van der Waals surface area contributed by atoms with Crippen molar-refractivity contribution >= 4 is 54.9 Å². The molecule has 4 aromatic rings. The molecular formula is C73H120N12O15P2S-2. The van der Waals surface area contributed by atoms with E-state index in [0.29, 0.717) is 63.4 Å². The van der Waals surface area contributed by atoms with E-state index in [1.54, 1.807) is 52.0 Å². The summed E-state index contributed by atoms with van der Waals surface area (Å²) in [5, 5.41) is 64.5. The number of β-amino-alcohol motifs (C(OH)–C–C–N with tert-alkyl or cyclic N) is 6. The molecule has 9 atom stereocenters. The third-order valence-electron chi connectivity index (χ3n) is 17.7. The molecule has 2 amide bonds. The first-order valence-corrected chi connectivity index (χ1v) is 41.4. The second-order valence-electron chi connectivity index (χ2n) is 28.3. The largest absolute Gasteiger partial charge is 0.808 e. The van der Waals surface area contributed by atoms with E-state index in [1.807, 2.05) is 80.6 Å². The Morgan fingerprint density at radius 1 is 0.417 bits per heavy atom. The Hall–Kier alpha value is -4.76. The van der Waals surface area contributed by atoms with E-state index in [0.717, 1.165) is 153 Å². The predicted octanol–water partition coefficient (Wildman–Crippen LogP) is -0.279. The summed E-state index contributed by atoms with van der Waals surface area (Å²) >= 11 is 0. The van der Waals surface area contributed by atoms with Gasteiger partial charge in [0.15, 0.2) is 5.78 Å². The van der Waals surface area contributed by atoms with Crippen molar-refractivity contribution in [2.45, 2.75) is 122 Å². The topological polar surface area (TPSA) is 359 Å². The number of aliphatic hydroxyl groups is 6. The molecule has 580 valence electrons. The lowest BCUT2D eigenvalue weighted by atomic mass is 10.0. The molecule has 0 aromatic heterocycles. The summed E-state index contributed by atoms with van der Waals surface area (Å²) in [6.07, 6.45) is 3.29. The maximum atomic E-state index is 12.9. The molecule has 3 aliphatic rings. The minimum atomic E-state index is -3.89. The molecule has 0 aliphatic carbocycles. The molecule has 4 aromatic carbocycles. The highest BCUT2D eigenvalue weighted by Gasteiger charge is 2.25. The van der Waals surface area contributed by atoms with Crippen molar-refractivity contribution in [2.75, 3.05) is 170 Å². The van der Waals surface area contributed by atoms with Crippen LogP contribution in [0.3, 0.4) is 0 Å². The molecule has 3 heterocycles. The monoisotopic (exact) mass is 1500 g/mol. The summed E-state index contributed by atoms with van der Waals surface area (Å²) in [6.45, 7) is 33.2. The fourth-order valence-corrected chi connectivity index (χ4v) is 14.9. The lowest BCUT2D eigenvalue weighted by Gasteiger charge is -2.27. The number of aliphatic hydroxyl groups excluding tert-OH is 6. The number of hydrogen-bond donors (Lipinski definition) is 11. The van der Waals surface area contributed by atoms with Crippen molar-refractivity contribution in [3.05, 3.63) is 137 Å². The van der Waals surface area contributed by atoms with Gasteiger partial charge in [-0.05, 0) is 114 Å². The van der Waals surface area contributed by atoms with Crippen molar-refractivity contribution in [1.29, 1.82) is 0 Å². The number of carbonyl (C=O) groups is 3. The van der Waals surface area contributed by atoms with Crippen LogP contribution in [0, 0.1) is 0 Å². The van der Waals surface area contributed by atoms with E-state index < -0.39 is 67.4 Å². The molecule has 7 rings (SSSR count). The number of ketones is 1. The fraction of sp³-hybridized carbons (Fsp3) is 0.603. The van der Waals surface area contributed by atoms with Crippen LogP contribution in [0.25, 0.3) is 0 Å². The Morgan fingerprint density at radius 3 is 0.961 bits per heavy atom. The van der Waals surface area contributed by atoms with Crippen molar-refractivity contribution in [1.82, 2.24) is 59.5 Å². The van der Waals surface area contributed by atoms with Gasteiger partial charge in [0, 0.05) is 200 Å². The van der Waals surface area contributed by atoms with E-state index in [1.165, 1.54) is 19.1 Å². The molecule has 3 aliphatic heterocycles. The van der Waals surface area contributed by atoms with Crippen molar-refractivity contribution < 1.29 is 73.0 Å². The smallest absolute Gasteiger partial charge is 0.251 e. The van der Waals surface area contributed by atoms with E-state index >= 15 is 0 Å². The Balaban J connectivity index is 0.000000279. The van der Waals surface area contributed by atoms with Crippen LogP contribution in [0.15, 0.2) is 108 Å². The van der Waals surface area contributed by atoms with Gasteiger partial charge in [-0.2, -0.15) is 0 Å². The first-order valence-electron chi connectivity index (χ1n) is 35.9. The highest BCUT2D eigenvalue weighted by molar-refractivity contribution is 7.89. The molecule has 103 heavy (non-hydrogen) atoms. The van der Waals surface area contributed by atoms with Gasteiger partial charge < -0.3 is 60.8 Å². The van der Waals surface area contributed by atoms with E-state index in [9.17, 15) is 73.0 Å². The highest BCUT2D eigenvalue weighted by atomic mass is 32.2. The maximum Gasteiger partial charge on any atom is 0.251 e. The lowest BCUT2D eigenvalue weighted by molar-refractivity contribution is -0.179. The van der Waals surface area contributed by atoms with Crippen LogP contribution in [-0.2, 0) is 40.9 Å². The zero-order chi connectivity index (χ0) is 75.9. The number of hydrogen-bond acceptors (Lipinski definition) is 24. The molecule has 3 saturated heterocycles. The normalized spacial score (nSPS) is 20.3. The fourth-order valence-electron chi connectivity index (χ4n) is 12.4. The van der Waals surface area contributed by atoms with Gasteiger partial charge in [0.1, 0.15) is 0 Å². The zero-order valence-corrected chi connectivity index (χ0v) is 64.4. The van der Waals surface area contributed by atoms with Crippen molar-refractivity contribution in [3.8, 4) is 0 Å². The molecule has 11 N–H and O–H groups in total. The standard InChI is InChI=1S/C30H44N4O4.C22H38N4O5P.C21H38N4O6PS/c1-23(35)20-32-13-14-33(21-24(2)36)16-18-34(17-15-32)22-27-9-11-28(12-10-27)30(38)31-29(25(3)37)19-26-7-5-4-6-8-26;1-18(27)14-24-8-9-25(15-19(2)28)11-13-26(12-10-24)16-20-4-6-21(7-5-20)22(29)23-17-32(3,30)31;1-18(26)14-23-8-9-24(15-19(2)27)11-13-25(12-10-23)16-20-4-6-21(7-5-20)33(30,31)22-17-32(3,28)29/h4-12,23-24,29,35-36H,13-22H2,1-3H3,(H,31,38);4-7,18-19,27-28H,3,8-17H2,1-2H3,(H2-,23,29,30,31);4-7,18-19,22,26-27H,3,8-17H2,1-2H3,(H-,28,29)/q;2*-1/t23-,24-,29?;2*18-,19-/m000/s1. The number of Topliss-reactive ketones (excluding diaryl/α,β-unsaturated/α-hetero) is 1. The van der Waals surface area contributed by atoms with Crippen molar-refractivity contribution in [2.24, 2.45) is 0 Å². The molecule has 27 nitrogen and oxygen atoms in total. The van der Waals surface area contributed by atoms with Crippen LogP contribution in [0.5, 0.6) is 0 Å². The predicted molar refractivity (Wildman–Crippen MR) is 406 cm³/mol. The lowest BCUT2D eigenvalue weighted by Crippen LogP contribution is -2.41. The molecule has 3 fully saturated rings. The van der Waals surface area contributed by atoms with Crippen molar-refractivity contribution in [3.63, 3.8) is 0 Å². The molecule has 0 bridgehead atoms. The van der Waals surface area contributed by atoms with Crippen LogP contribution in [0.4, 0.5) is 0 Å². The second kappa shape index (κ2) is 45.1. The van der Waals surface area contributed by atoms with Gasteiger partial charge >= 0.3 is 0 Å². The summed E-state index contributed by atoms with van der Waals surface area (Å²) in [5.41, 5.74) is 5.09. The quantitative estimate of drug-likeness (QED) is 0.0299. The van der Waals surface area contributed by atoms with Crippen LogP contribution >= 0.6 is 14.7 Å². The van der Waals surface area contributed by atoms with Gasteiger partial charge in [-0.15, -0.1) is 0 Å². The number of nitrogens with one attached hydrogen (secondary N) is 3. The van der Waals surface area contributed by atoms with E-state index in [-0.39, 0.29) is 35.1 Å². The minimum Gasteiger partial charge on any atom is -0.808 e. The summed E-state index contributed by atoms with van der Waals surface area (Å²) in [4.78, 5) is 98.8. The number of rotatable bonds is 30. The third kappa shape index (κ3) is 37.6. The molecule has 3 unspecified atom stereocenters. The molecule has 0 radical (unpaired) electrons. The van der Waals surface area contributed by atoms with Gasteiger partial charge in [0.05, 0.1) is 47.6 Å². The molecule has 0 saturated carbocycles. The second-order valence-corrected chi connectivity index (χ2v) is 34.0. The Labute approximate surface area is 612 Å². The summed E-state index contributed by atoms with van der Waals surface area (Å²) < 4.78 is 26.7. The van der Waals surface area contributed by atoms with Crippen LogP contribution < -0.4 is 25.1 Å². The van der Waals surface area contributed by atoms with Crippen LogP contribution in [0.2, 0.25) is 0 Å². The van der Waals surface area contributed by atoms with E-state index in [4.69, 9.17) is 0 Å². The summed E-state index contributed by atoms with van der Waals surface area (Å²) in [6, 6.07) is 30.4. The molecule has 30 heteroatoms. The zero-order valence-electron chi connectivity index (χ0n) is 61.7. The first kappa shape index (κ1) is 88.9. The summed E-state index contributed by atoms with van der Waals surface area (Å²) in [7, 11) is -11.2. The Kier molecular flexibility index (Phi) is 39.0. The SMILES string of the molecule is C=P([O-])(O)CNC(=O)c1ccc(CN2CCN(C[C@H](C)O)CCN(C[C@H](C)O)CC2)cc1.C=P([O-])(O)CNS(=O)(=O)c1ccc(CN2CCN(C[C@H](C)O)CCN(C[C@H](C)O)CC2)cc1.CC(=O)C(Cc1ccccc1)NC(=O)c1ccc(CN2CCN(C[C@H](C)O)CCN(C[C@H](C)O)CC2)cc1. The van der Waals surface area contributed by atoms with Gasteiger partial charge in [-0.25, -0.2) is 13.1 Å². The number of nitrogens with zero attached hydrogens (tertiary/aromatic N) is 9. The van der Waals surface area contributed by atoms with Gasteiger partial charge in [-0.1, -0.05) is 94.0 Å². The average Bonchev–Trinajstić information content (AvgIpc) is 0.856. The number of amides is 2. The third-order valence-corrected chi connectivity index (χ3v) is 20.6. The molecule has 0 spiro atoms. The Morgan fingerprint density at radius 2 is 0.689 bits per heavy atom. The van der Waals surface area contributed by atoms with Gasteiger partial charge in [-0.3, -0.25) is 58.5 Å². The highest BCUT2D eigenvalue weighted by Crippen LogP contribution is 2.27. The number of carbonyl (C=O) groups excluding carboxylic acids is 3. The van der Waals surface area contributed by atoms with Gasteiger partial charge in [0.25, 0.3) is 11.8 Å². The number of benzene rings is 4.